The van der Waals surface area contributed by atoms with Crippen LogP contribution < -0.4 is 15.5 Å². The van der Waals surface area contributed by atoms with Gasteiger partial charge in [0.2, 0.25) is 5.95 Å². The first-order valence-electron chi connectivity index (χ1n) is 8.26. The van der Waals surface area contributed by atoms with Gasteiger partial charge < -0.3 is 20.3 Å². The molecule has 1 fully saturated rings. The molecular weight excluding hydrogens is 310 g/mol. The normalized spacial score (nSPS) is 17.9. The minimum absolute atomic E-state index is 0.519. The Hall–Kier alpha value is -1.47. The summed E-state index contributed by atoms with van der Waals surface area (Å²) in [5, 5.41) is 6.77. The van der Waals surface area contributed by atoms with Crippen molar-refractivity contribution in [2.75, 3.05) is 37.0 Å². The highest BCUT2D eigenvalue weighted by molar-refractivity contribution is 7.80. The number of nitrogens with one attached hydrogen (secondary N) is 2. The SMILES string of the molecule is COCCCNC(=S)Nc1nc(C)cc(N2CCCCC2C)n1. The number of rotatable bonds is 6. The molecule has 1 atom stereocenters. The van der Waals surface area contributed by atoms with Gasteiger partial charge in [-0.1, -0.05) is 0 Å². The number of nitrogens with zero attached hydrogens (tertiary/aromatic N) is 3. The predicted molar refractivity (Wildman–Crippen MR) is 98.1 cm³/mol. The summed E-state index contributed by atoms with van der Waals surface area (Å²) in [4.78, 5) is 11.4. The van der Waals surface area contributed by atoms with Gasteiger partial charge in [-0.25, -0.2) is 4.98 Å². The molecule has 0 amide bonds. The molecule has 2 heterocycles. The van der Waals surface area contributed by atoms with Gasteiger partial charge in [0.1, 0.15) is 5.82 Å². The molecule has 128 valence electrons. The molecule has 1 aliphatic rings. The molecule has 7 heteroatoms. The van der Waals surface area contributed by atoms with E-state index < -0.39 is 0 Å². The van der Waals surface area contributed by atoms with Crippen LogP contribution >= 0.6 is 12.2 Å². The monoisotopic (exact) mass is 337 g/mol. The Kier molecular flexibility index (Phi) is 6.98. The van der Waals surface area contributed by atoms with Crippen LogP contribution in [0.15, 0.2) is 6.07 Å². The van der Waals surface area contributed by atoms with Crippen LogP contribution in [-0.4, -0.2) is 47.9 Å². The fourth-order valence-electron chi connectivity index (χ4n) is 2.76. The summed E-state index contributed by atoms with van der Waals surface area (Å²) in [6.07, 6.45) is 4.63. The summed E-state index contributed by atoms with van der Waals surface area (Å²) >= 11 is 5.30. The highest BCUT2D eigenvalue weighted by Crippen LogP contribution is 2.24. The minimum Gasteiger partial charge on any atom is -0.385 e. The second kappa shape index (κ2) is 8.98. The fourth-order valence-corrected chi connectivity index (χ4v) is 2.95. The van der Waals surface area contributed by atoms with E-state index in [1.165, 1.54) is 19.3 Å². The molecule has 1 aromatic heterocycles. The quantitative estimate of drug-likeness (QED) is 0.611. The van der Waals surface area contributed by atoms with Gasteiger partial charge in [0.15, 0.2) is 5.11 Å². The first-order valence-corrected chi connectivity index (χ1v) is 8.67. The summed E-state index contributed by atoms with van der Waals surface area (Å²) in [7, 11) is 1.69. The van der Waals surface area contributed by atoms with Crippen molar-refractivity contribution in [1.29, 1.82) is 0 Å². The number of thiocarbonyl (C=S) groups is 1. The summed E-state index contributed by atoms with van der Waals surface area (Å²) in [6, 6.07) is 2.56. The molecule has 0 aliphatic carbocycles. The number of hydrogen-bond donors (Lipinski definition) is 2. The van der Waals surface area contributed by atoms with Crippen molar-refractivity contribution in [3.05, 3.63) is 11.8 Å². The minimum atomic E-state index is 0.519. The van der Waals surface area contributed by atoms with Crippen LogP contribution in [0.4, 0.5) is 11.8 Å². The topological polar surface area (TPSA) is 62.3 Å². The van der Waals surface area contributed by atoms with Gasteiger partial charge in [-0.15, -0.1) is 0 Å². The third kappa shape index (κ3) is 5.58. The van der Waals surface area contributed by atoms with E-state index in [1.54, 1.807) is 7.11 Å². The van der Waals surface area contributed by atoms with E-state index in [9.17, 15) is 0 Å². The van der Waals surface area contributed by atoms with E-state index in [0.29, 0.717) is 23.7 Å². The van der Waals surface area contributed by atoms with Crippen LogP contribution in [0.3, 0.4) is 0 Å². The second-order valence-electron chi connectivity index (χ2n) is 5.96. The van der Waals surface area contributed by atoms with Gasteiger partial charge in [0, 0.05) is 44.6 Å². The number of anilines is 2. The van der Waals surface area contributed by atoms with E-state index in [1.807, 2.05) is 13.0 Å². The zero-order valence-electron chi connectivity index (χ0n) is 14.3. The molecule has 0 saturated carbocycles. The molecule has 2 rings (SSSR count). The Morgan fingerprint density at radius 1 is 1.43 bits per heavy atom. The Morgan fingerprint density at radius 3 is 3.00 bits per heavy atom. The summed E-state index contributed by atoms with van der Waals surface area (Å²) in [5.74, 6) is 1.54. The number of aromatic nitrogens is 2. The van der Waals surface area contributed by atoms with Gasteiger partial charge in [-0.2, -0.15) is 4.98 Å². The van der Waals surface area contributed by atoms with Crippen molar-refractivity contribution >= 4 is 29.1 Å². The fraction of sp³-hybridized carbons (Fsp3) is 0.688. The van der Waals surface area contributed by atoms with Crippen molar-refractivity contribution in [3.63, 3.8) is 0 Å². The smallest absolute Gasteiger partial charge is 0.231 e. The Morgan fingerprint density at radius 2 is 2.26 bits per heavy atom. The number of aryl methyl sites for hydroxylation is 1. The van der Waals surface area contributed by atoms with Crippen molar-refractivity contribution < 1.29 is 4.74 Å². The molecule has 1 aliphatic heterocycles. The van der Waals surface area contributed by atoms with E-state index >= 15 is 0 Å². The standard InChI is InChI=1S/C16H27N5OS/c1-12-11-14(21-9-5-4-7-13(21)2)19-15(18-12)20-16(23)17-8-6-10-22-3/h11,13H,4-10H2,1-3H3,(H2,17,18,19,20,23). The van der Waals surface area contributed by atoms with E-state index in [0.717, 1.165) is 31.0 Å². The Balaban J connectivity index is 1.98. The molecule has 23 heavy (non-hydrogen) atoms. The van der Waals surface area contributed by atoms with E-state index in [-0.39, 0.29) is 0 Å². The maximum absolute atomic E-state index is 5.30. The third-order valence-electron chi connectivity index (χ3n) is 3.97. The lowest BCUT2D eigenvalue weighted by Crippen LogP contribution is -2.38. The molecule has 2 N–H and O–H groups in total. The Bertz CT molecular complexity index is 525. The van der Waals surface area contributed by atoms with Crippen LogP contribution in [0.1, 0.15) is 38.3 Å². The van der Waals surface area contributed by atoms with E-state index in [2.05, 4.69) is 32.4 Å². The molecular formula is C16H27N5OS. The maximum Gasteiger partial charge on any atom is 0.231 e. The first-order chi connectivity index (χ1) is 11.1. The molecule has 1 unspecified atom stereocenters. The second-order valence-corrected chi connectivity index (χ2v) is 6.36. The van der Waals surface area contributed by atoms with E-state index in [4.69, 9.17) is 17.0 Å². The van der Waals surface area contributed by atoms with Crippen molar-refractivity contribution in [3.8, 4) is 0 Å². The van der Waals surface area contributed by atoms with Crippen LogP contribution in [0.2, 0.25) is 0 Å². The molecule has 0 aromatic carbocycles. The lowest BCUT2D eigenvalue weighted by molar-refractivity contribution is 0.196. The van der Waals surface area contributed by atoms with Gasteiger partial charge in [0.25, 0.3) is 0 Å². The van der Waals surface area contributed by atoms with Gasteiger partial charge in [0.05, 0.1) is 0 Å². The van der Waals surface area contributed by atoms with Gasteiger partial charge >= 0.3 is 0 Å². The summed E-state index contributed by atoms with van der Waals surface area (Å²) in [5.41, 5.74) is 0.942. The Labute approximate surface area is 144 Å². The molecule has 1 saturated heterocycles. The van der Waals surface area contributed by atoms with Crippen LogP contribution in [0.25, 0.3) is 0 Å². The summed E-state index contributed by atoms with van der Waals surface area (Å²) in [6.45, 7) is 6.78. The predicted octanol–water partition coefficient (Wildman–Crippen LogP) is 2.49. The van der Waals surface area contributed by atoms with Gasteiger partial charge in [-0.05, 0) is 51.7 Å². The zero-order chi connectivity index (χ0) is 16.7. The molecule has 0 spiro atoms. The molecule has 1 aromatic rings. The lowest BCUT2D eigenvalue weighted by atomic mass is 10.0. The van der Waals surface area contributed by atoms with Crippen molar-refractivity contribution in [2.45, 2.75) is 45.6 Å². The first kappa shape index (κ1) is 17.9. The summed E-state index contributed by atoms with van der Waals surface area (Å²) < 4.78 is 5.02. The largest absolute Gasteiger partial charge is 0.385 e. The molecule has 0 bridgehead atoms. The highest BCUT2D eigenvalue weighted by Gasteiger charge is 2.20. The lowest BCUT2D eigenvalue weighted by Gasteiger charge is -2.34. The molecule has 6 nitrogen and oxygen atoms in total. The number of hydrogen-bond acceptors (Lipinski definition) is 5. The number of methoxy groups -OCH3 is 1. The number of piperidine rings is 1. The number of ether oxygens (including phenoxy) is 1. The van der Waals surface area contributed by atoms with Crippen molar-refractivity contribution in [2.24, 2.45) is 0 Å². The maximum atomic E-state index is 5.30. The van der Waals surface area contributed by atoms with Crippen LogP contribution in [0, 0.1) is 6.92 Å². The third-order valence-corrected chi connectivity index (χ3v) is 4.22. The zero-order valence-corrected chi connectivity index (χ0v) is 15.1. The van der Waals surface area contributed by atoms with Crippen LogP contribution in [-0.2, 0) is 4.74 Å². The highest BCUT2D eigenvalue weighted by atomic mass is 32.1. The van der Waals surface area contributed by atoms with Crippen LogP contribution in [0.5, 0.6) is 0 Å². The molecule has 0 radical (unpaired) electrons. The average molecular weight is 337 g/mol. The van der Waals surface area contributed by atoms with Gasteiger partial charge in [-0.3, -0.25) is 0 Å². The average Bonchev–Trinajstić information content (AvgIpc) is 2.51. The van der Waals surface area contributed by atoms with Crippen molar-refractivity contribution in [1.82, 2.24) is 15.3 Å².